The molecule has 0 spiro atoms. The number of thiophene rings is 1. The maximum Gasteiger partial charge on any atom is 0.274 e. The number of carbonyl (C=O) groups is 1. The average molecular weight is 357 g/mol. The molecule has 0 radical (unpaired) electrons. The molecule has 128 valence electrons. The summed E-state index contributed by atoms with van der Waals surface area (Å²) in [6.07, 6.45) is 0. The van der Waals surface area contributed by atoms with Gasteiger partial charge in [-0.25, -0.2) is 4.98 Å². The van der Waals surface area contributed by atoms with E-state index in [1.54, 1.807) is 25.3 Å². The molecular weight excluding hydrogens is 342 g/mol. The van der Waals surface area contributed by atoms with Crippen molar-refractivity contribution in [3.05, 3.63) is 53.0 Å². The number of aromatic nitrogens is 2. The van der Waals surface area contributed by atoms with Crippen LogP contribution in [0.5, 0.6) is 17.4 Å². The van der Waals surface area contributed by atoms with Gasteiger partial charge in [0.05, 0.1) is 12.0 Å². The standard InChI is InChI=1S/C17H15N3O4S/c1-24-11-6-3-2-5-10(11)9-18-16(22)13-14(21)17(23)20-15(19-13)12-7-4-8-25-12/h2-8,21H,9H2,1H3,(H,18,22)(H,19,20,23). The highest BCUT2D eigenvalue weighted by atomic mass is 32.1. The molecule has 0 saturated heterocycles. The zero-order valence-corrected chi connectivity index (χ0v) is 14.1. The molecule has 2 aromatic heterocycles. The summed E-state index contributed by atoms with van der Waals surface area (Å²) in [4.78, 5) is 21.0. The summed E-state index contributed by atoms with van der Waals surface area (Å²) in [7, 11) is 1.54. The lowest BCUT2D eigenvalue weighted by Crippen LogP contribution is -2.24. The van der Waals surface area contributed by atoms with Gasteiger partial charge in [-0.05, 0) is 17.5 Å². The lowest BCUT2D eigenvalue weighted by Gasteiger charge is -2.10. The summed E-state index contributed by atoms with van der Waals surface area (Å²) in [5.41, 5.74) is 0.486. The molecule has 0 atom stereocenters. The van der Waals surface area contributed by atoms with Gasteiger partial charge in [0.25, 0.3) is 11.8 Å². The van der Waals surface area contributed by atoms with Gasteiger partial charge in [0.2, 0.25) is 5.75 Å². The second kappa shape index (κ2) is 7.18. The maximum atomic E-state index is 12.4. The Morgan fingerprint density at radius 3 is 2.72 bits per heavy atom. The van der Waals surface area contributed by atoms with Crippen molar-refractivity contribution >= 4 is 17.2 Å². The third kappa shape index (κ3) is 3.53. The third-order valence-electron chi connectivity index (χ3n) is 3.45. The summed E-state index contributed by atoms with van der Waals surface area (Å²) in [5, 5.41) is 24.2. The number of hydrogen-bond donors (Lipinski definition) is 3. The minimum atomic E-state index is -0.655. The van der Waals surface area contributed by atoms with E-state index in [1.165, 1.54) is 11.3 Å². The first-order valence-corrected chi connectivity index (χ1v) is 8.22. The molecule has 7 nitrogen and oxygen atoms in total. The monoisotopic (exact) mass is 357 g/mol. The number of nitrogens with one attached hydrogen (secondary N) is 1. The van der Waals surface area contributed by atoms with Crippen LogP contribution in [0.2, 0.25) is 0 Å². The van der Waals surface area contributed by atoms with Gasteiger partial charge in [0.1, 0.15) is 5.75 Å². The maximum absolute atomic E-state index is 12.4. The molecular formula is C17H15N3O4S. The fraction of sp³-hybridized carbons (Fsp3) is 0.118. The predicted octanol–water partition coefficient (Wildman–Crippen LogP) is 2.55. The first-order valence-electron chi connectivity index (χ1n) is 7.34. The Morgan fingerprint density at radius 1 is 1.20 bits per heavy atom. The average Bonchev–Trinajstić information content (AvgIpc) is 3.16. The predicted molar refractivity (Wildman–Crippen MR) is 92.8 cm³/mol. The zero-order valence-electron chi connectivity index (χ0n) is 13.3. The molecule has 0 bridgehead atoms. The molecule has 2 heterocycles. The first kappa shape index (κ1) is 16.7. The molecule has 1 aromatic carbocycles. The van der Waals surface area contributed by atoms with Crippen LogP contribution in [0, 0.1) is 0 Å². The molecule has 8 heteroatoms. The van der Waals surface area contributed by atoms with Gasteiger partial charge in [-0.1, -0.05) is 24.3 Å². The van der Waals surface area contributed by atoms with Gasteiger partial charge >= 0.3 is 0 Å². The van der Waals surface area contributed by atoms with Crippen LogP contribution in [0.15, 0.2) is 41.8 Å². The van der Waals surface area contributed by atoms with Crippen LogP contribution in [0.25, 0.3) is 10.7 Å². The van der Waals surface area contributed by atoms with Crippen molar-refractivity contribution in [2.45, 2.75) is 6.54 Å². The van der Waals surface area contributed by atoms with Crippen LogP contribution in [0.4, 0.5) is 0 Å². The number of aromatic hydroxyl groups is 2. The lowest BCUT2D eigenvalue weighted by molar-refractivity contribution is 0.0941. The number of amides is 1. The Balaban J connectivity index is 1.84. The van der Waals surface area contributed by atoms with Crippen LogP contribution < -0.4 is 10.1 Å². The number of methoxy groups -OCH3 is 1. The number of carbonyl (C=O) groups excluding carboxylic acids is 1. The SMILES string of the molecule is COc1ccccc1CNC(=O)c1nc(-c2cccs2)nc(O)c1O. The molecule has 1 amide bonds. The molecule has 0 aliphatic heterocycles. The highest BCUT2D eigenvalue weighted by Gasteiger charge is 2.20. The van der Waals surface area contributed by atoms with Crippen molar-refractivity contribution < 1.29 is 19.7 Å². The molecule has 3 N–H and O–H groups in total. The first-order chi connectivity index (χ1) is 12.1. The summed E-state index contributed by atoms with van der Waals surface area (Å²) >= 11 is 1.36. The van der Waals surface area contributed by atoms with Crippen molar-refractivity contribution in [2.75, 3.05) is 7.11 Å². The van der Waals surface area contributed by atoms with Crippen LogP contribution in [-0.2, 0) is 6.54 Å². The van der Waals surface area contributed by atoms with E-state index in [-0.39, 0.29) is 18.1 Å². The van der Waals surface area contributed by atoms with Crippen LogP contribution in [-0.4, -0.2) is 33.2 Å². The molecule has 0 aliphatic rings. The minimum Gasteiger partial charge on any atom is -0.501 e. The Hall–Kier alpha value is -3.13. The summed E-state index contributed by atoms with van der Waals surface area (Å²) < 4.78 is 5.23. The van der Waals surface area contributed by atoms with E-state index >= 15 is 0 Å². The highest BCUT2D eigenvalue weighted by molar-refractivity contribution is 7.13. The number of ether oxygens (including phenoxy) is 1. The number of hydrogen-bond acceptors (Lipinski definition) is 7. The molecule has 0 unspecified atom stereocenters. The molecule has 0 saturated carbocycles. The van der Waals surface area contributed by atoms with E-state index in [0.29, 0.717) is 10.6 Å². The molecule has 3 rings (SSSR count). The number of para-hydroxylation sites is 1. The van der Waals surface area contributed by atoms with Crippen molar-refractivity contribution in [1.29, 1.82) is 0 Å². The van der Waals surface area contributed by atoms with Gasteiger partial charge in [0.15, 0.2) is 11.5 Å². The Morgan fingerprint density at radius 2 is 2.00 bits per heavy atom. The summed E-state index contributed by atoms with van der Waals surface area (Å²) in [6, 6.07) is 10.8. The van der Waals surface area contributed by atoms with E-state index in [2.05, 4.69) is 15.3 Å². The second-order valence-corrected chi connectivity index (χ2v) is 5.99. The van der Waals surface area contributed by atoms with Gasteiger partial charge in [-0.15, -0.1) is 11.3 Å². The van der Waals surface area contributed by atoms with Crippen LogP contribution in [0.3, 0.4) is 0 Å². The van der Waals surface area contributed by atoms with Gasteiger partial charge in [-0.3, -0.25) is 4.79 Å². The second-order valence-electron chi connectivity index (χ2n) is 5.04. The smallest absolute Gasteiger partial charge is 0.274 e. The Labute approximate surface area is 147 Å². The molecule has 0 aliphatic carbocycles. The van der Waals surface area contributed by atoms with Crippen LogP contribution in [0.1, 0.15) is 16.1 Å². The van der Waals surface area contributed by atoms with Crippen molar-refractivity contribution in [1.82, 2.24) is 15.3 Å². The number of nitrogens with zero attached hydrogens (tertiary/aromatic N) is 2. The third-order valence-corrected chi connectivity index (χ3v) is 4.32. The van der Waals surface area contributed by atoms with E-state index < -0.39 is 17.5 Å². The van der Waals surface area contributed by atoms with E-state index in [0.717, 1.165) is 5.56 Å². The molecule has 3 aromatic rings. The Kier molecular flexibility index (Phi) is 4.80. The largest absolute Gasteiger partial charge is 0.501 e. The number of rotatable bonds is 5. The fourth-order valence-electron chi connectivity index (χ4n) is 2.23. The Bertz CT molecular complexity index is 897. The van der Waals surface area contributed by atoms with Crippen LogP contribution >= 0.6 is 11.3 Å². The molecule has 25 heavy (non-hydrogen) atoms. The van der Waals surface area contributed by atoms with E-state index in [4.69, 9.17) is 4.74 Å². The van der Waals surface area contributed by atoms with Crippen molar-refractivity contribution in [3.8, 4) is 28.1 Å². The minimum absolute atomic E-state index is 0.174. The van der Waals surface area contributed by atoms with Gasteiger partial charge in [0, 0.05) is 12.1 Å². The lowest BCUT2D eigenvalue weighted by atomic mass is 10.2. The van der Waals surface area contributed by atoms with E-state index in [1.807, 2.05) is 23.6 Å². The summed E-state index contributed by atoms with van der Waals surface area (Å²) in [6.45, 7) is 0.182. The topological polar surface area (TPSA) is 105 Å². The van der Waals surface area contributed by atoms with Crippen molar-refractivity contribution in [2.24, 2.45) is 0 Å². The molecule has 0 fully saturated rings. The normalized spacial score (nSPS) is 10.4. The van der Waals surface area contributed by atoms with E-state index in [9.17, 15) is 15.0 Å². The van der Waals surface area contributed by atoms with Crippen molar-refractivity contribution in [3.63, 3.8) is 0 Å². The number of benzene rings is 1. The zero-order chi connectivity index (χ0) is 17.8. The van der Waals surface area contributed by atoms with Gasteiger partial charge in [-0.2, -0.15) is 4.98 Å². The highest BCUT2D eigenvalue weighted by Crippen LogP contribution is 2.30. The quantitative estimate of drug-likeness (QED) is 0.648. The fourth-order valence-corrected chi connectivity index (χ4v) is 2.88. The van der Waals surface area contributed by atoms with Gasteiger partial charge < -0.3 is 20.3 Å². The summed E-state index contributed by atoms with van der Waals surface area (Å²) in [5.74, 6) is -1.11.